The van der Waals surface area contributed by atoms with E-state index >= 15 is 0 Å². The molecule has 228 valence electrons. The predicted octanol–water partition coefficient (Wildman–Crippen LogP) is 12.7. The van der Waals surface area contributed by atoms with Gasteiger partial charge in [-0.2, -0.15) is 0 Å². The molecule has 1 aliphatic heterocycles. The average molecular weight is 624 g/mol. The van der Waals surface area contributed by atoms with Crippen LogP contribution in [0.1, 0.15) is 22.6 Å². The van der Waals surface area contributed by atoms with E-state index in [-0.39, 0.29) is 5.92 Å². The number of hydrogen-bond acceptors (Lipinski definition) is 1. The number of para-hydroxylation sites is 2. The Kier molecular flexibility index (Phi) is 5.47. The summed E-state index contributed by atoms with van der Waals surface area (Å²) in [6.45, 7) is 0. The molecule has 0 amide bonds. The minimum absolute atomic E-state index is 0.0463. The third-order valence-electron chi connectivity index (χ3n) is 10.7. The lowest BCUT2D eigenvalue weighted by Crippen LogP contribution is -2.14. The number of aromatic nitrogens is 1. The van der Waals surface area contributed by atoms with Crippen LogP contribution in [0.4, 0.5) is 0 Å². The average Bonchev–Trinajstić information content (AvgIpc) is 3.52. The molecule has 49 heavy (non-hydrogen) atoms. The summed E-state index contributed by atoms with van der Waals surface area (Å²) in [4.78, 5) is 0. The zero-order valence-electron chi connectivity index (χ0n) is 26.6. The maximum atomic E-state index is 7.25. The van der Waals surface area contributed by atoms with Crippen molar-refractivity contribution in [1.82, 2.24) is 4.57 Å². The van der Waals surface area contributed by atoms with Crippen LogP contribution in [0.25, 0.3) is 70.6 Å². The molecular formula is C47H29NO. The molecule has 0 bridgehead atoms. The summed E-state index contributed by atoms with van der Waals surface area (Å²) in [5, 5.41) is 12.2. The third kappa shape index (κ3) is 3.66. The molecule has 2 nitrogen and oxygen atoms in total. The van der Waals surface area contributed by atoms with Gasteiger partial charge in [-0.05, 0) is 62.1 Å². The molecule has 0 atom stereocenters. The number of fused-ring (bicyclic) bond motifs is 15. The van der Waals surface area contributed by atoms with Gasteiger partial charge in [0.1, 0.15) is 11.5 Å². The molecule has 0 radical (unpaired) electrons. The summed E-state index contributed by atoms with van der Waals surface area (Å²) in [5.74, 6) is 1.87. The van der Waals surface area contributed by atoms with Crippen LogP contribution < -0.4 is 4.74 Å². The molecule has 0 saturated carbocycles. The SMILES string of the molecule is c1ccc2c(c1)c1c(c3ccccc32)C(c2ccc(-n3c4ccccc4c4ccccc43)cc2)c2c(c3ccccc3c3ccccc23)O1. The first-order valence-corrected chi connectivity index (χ1v) is 17.0. The second-order valence-corrected chi connectivity index (χ2v) is 13.2. The normalized spacial score (nSPS) is 13.0. The number of benzene rings is 9. The van der Waals surface area contributed by atoms with E-state index in [9.17, 15) is 0 Å². The Balaban J connectivity index is 1.24. The van der Waals surface area contributed by atoms with E-state index in [4.69, 9.17) is 4.74 Å². The first kappa shape index (κ1) is 26.7. The lowest BCUT2D eigenvalue weighted by atomic mass is 9.76. The summed E-state index contributed by atoms with van der Waals surface area (Å²) in [7, 11) is 0. The van der Waals surface area contributed by atoms with Gasteiger partial charge in [0.2, 0.25) is 0 Å². The van der Waals surface area contributed by atoms with Crippen molar-refractivity contribution in [3.8, 4) is 17.2 Å². The third-order valence-corrected chi connectivity index (χ3v) is 10.7. The smallest absolute Gasteiger partial charge is 0.140 e. The summed E-state index contributed by atoms with van der Waals surface area (Å²) in [6.07, 6.45) is 0. The highest BCUT2D eigenvalue weighted by molar-refractivity contribution is 6.17. The monoisotopic (exact) mass is 623 g/mol. The molecule has 0 aliphatic carbocycles. The van der Waals surface area contributed by atoms with Gasteiger partial charge >= 0.3 is 0 Å². The first-order valence-electron chi connectivity index (χ1n) is 17.0. The molecule has 1 aromatic heterocycles. The van der Waals surface area contributed by atoms with Gasteiger partial charge < -0.3 is 9.30 Å². The van der Waals surface area contributed by atoms with Gasteiger partial charge in [-0.15, -0.1) is 0 Å². The van der Waals surface area contributed by atoms with E-state index in [1.54, 1.807) is 0 Å². The Labute approximate surface area is 283 Å². The second kappa shape index (κ2) is 10.1. The van der Waals surface area contributed by atoms with Crippen LogP contribution >= 0.6 is 0 Å². The van der Waals surface area contributed by atoms with Crippen molar-refractivity contribution in [2.45, 2.75) is 5.92 Å². The minimum atomic E-state index is -0.0463. The molecule has 0 fully saturated rings. The Morgan fingerprint density at radius 1 is 0.327 bits per heavy atom. The van der Waals surface area contributed by atoms with Gasteiger partial charge in [0.05, 0.1) is 11.0 Å². The summed E-state index contributed by atoms with van der Waals surface area (Å²) >= 11 is 0. The summed E-state index contributed by atoms with van der Waals surface area (Å²) < 4.78 is 9.64. The van der Waals surface area contributed by atoms with E-state index in [1.807, 2.05) is 0 Å². The quantitative estimate of drug-likeness (QED) is 0.175. The fraction of sp³-hybridized carbons (Fsp3) is 0.0213. The van der Waals surface area contributed by atoms with Crippen LogP contribution in [-0.2, 0) is 0 Å². The first-order chi connectivity index (χ1) is 24.3. The van der Waals surface area contributed by atoms with Gasteiger partial charge in [0.15, 0.2) is 0 Å². The fourth-order valence-electron chi connectivity index (χ4n) is 8.66. The van der Waals surface area contributed by atoms with Crippen molar-refractivity contribution in [1.29, 1.82) is 0 Å². The van der Waals surface area contributed by atoms with Crippen molar-refractivity contribution in [2.24, 2.45) is 0 Å². The van der Waals surface area contributed by atoms with Crippen LogP contribution in [0, 0.1) is 0 Å². The summed E-state index contributed by atoms with van der Waals surface area (Å²) in [5.41, 5.74) is 7.29. The van der Waals surface area contributed by atoms with E-state index in [2.05, 4.69) is 174 Å². The molecule has 10 aromatic rings. The molecule has 1 aliphatic rings. The number of ether oxygens (including phenoxy) is 1. The predicted molar refractivity (Wildman–Crippen MR) is 205 cm³/mol. The van der Waals surface area contributed by atoms with Crippen molar-refractivity contribution in [2.75, 3.05) is 0 Å². The van der Waals surface area contributed by atoms with Crippen LogP contribution in [0.3, 0.4) is 0 Å². The highest BCUT2D eigenvalue weighted by atomic mass is 16.5. The highest BCUT2D eigenvalue weighted by Gasteiger charge is 2.35. The number of hydrogen-bond donors (Lipinski definition) is 0. The molecular weight excluding hydrogens is 595 g/mol. The topological polar surface area (TPSA) is 14.2 Å². The Hall–Kier alpha value is -6.38. The second-order valence-electron chi connectivity index (χ2n) is 13.2. The molecule has 9 aromatic carbocycles. The summed E-state index contributed by atoms with van der Waals surface area (Å²) in [6, 6.07) is 61.8. The van der Waals surface area contributed by atoms with Gasteiger partial charge in [-0.25, -0.2) is 0 Å². The minimum Gasteiger partial charge on any atom is -0.455 e. The van der Waals surface area contributed by atoms with Crippen molar-refractivity contribution in [3.05, 3.63) is 187 Å². The number of rotatable bonds is 2. The van der Waals surface area contributed by atoms with Crippen molar-refractivity contribution in [3.63, 3.8) is 0 Å². The standard InChI is InChI=1S/C47H29NO/c1-5-19-37-31(13-1)33-15-3-7-21-39(33)46-44(37)43(45-38-20-6-2-14-32(38)34-16-4-8-22-40(34)47(45)49-46)29-25-27-30(28-26-29)48-41-23-11-9-17-35(41)36-18-10-12-24-42(36)48/h1-28,43H. The zero-order valence-corrected chi connectivity index (χ0v) is 26.6. The molecule has 0 spiro atoms. The van der Waals surface area contributed by atoms with E-state index in [0.717, 1.165) is 28.0 Å². The van der Waals surface area contributed by atoms with Gasteiger partial charge in [-0.3, -0.25) is 0 Å². The van der Waals surface area contributed by atoms with Crippen molar-refractivity contribution < 1.29 is 4.74 Å². The van der Waals surface area contributed by atoms with E-state index in [1.165, 1.54) is 70.8 Å². The fourth-order valence-corrected chi connectivity index (χ4v) is 8.66. The van der Waals surface area contributed by atoms with Gasteiger partial charge in [0, 0.05) is 44.3 Å². The molecule has 2 heterocycles. The molecule has 0 unspecified atom stereocenters. The molecule has 2 heteroatoms. The Morgan fingerprint density at radius 3 is 1.12 bits per heavy atom. The Bertz CT molecular complexity index is 2790. The lowest BCUT2D eigenvalue weighted by Gasteiger charge is -2.33. The van der Waals surface area contributed by atoms with E-state index < -0.39 is 0 Å². The molecule has 11 rings (SSSR count). The number of nitrogens with zero attached hydrogens (tertiary/aromatic N) is 1. The van der Waals surface area contributed by atoms with Crippen LogP contribution in [0.2, 0.25) is 0 Å². The van der Waals surface area contributed by atoms with Crippen molar-refractivity contribution >= 4 is 64.9 Å². The maximum Gasteiger partial charge on any atom is 0.140 e. The zero-order chi connectivity index (χ0) is 32.1. The molecule has 0 saturated heterocycles. The maximum absolute atomic E-state index is 7.25. The Morgan fingerprint density at radius 2 is 0.673 bits per heavy atom. The van der Waals surface area contributed by atoms with Gasteiger partial charge in [0.25, 0.3) is 0 Å². The van der Waals surface area contributed by atoms with E-state index in [0.29, 0.717) is 0 Å². The molecule has 0 N–H and O–H groups in total. The lowest BCUT2D eigenvalue weighted by molar-refractivity contribution is 0.467. The van der Waals surface area contributed by atoms with Crippen LogP contribution in [0.15, 0.2) is 170 Å². The largest absolute Gasteiger partial charge is 0.455 e. The van der Waals surface area contributed by atoms with Gasteiger partial charge in [-0.1, -0.05) is 146 Å². The van der Waals surface area contributed by atoms with Crippen LogP contribution in [-0.4, -0.2) is 4.57 Å². The van der Waals surface area contributed by atoms with Crippen LogP contribution in [0.5, 0.6) is 11.5 Å². The highest BCUT2D eigenvalue weighted by Crippen LogP contribution is 2.57.